The van der Waals surface area contributed by atoms with E-state index in [9.17, 15) is 0 Å². The van der Waals surface area contributed by atoms with E-state index in [2.05, 4.69) is 38.0 Å². The minimum Gasteiger partial charge on any atom is -0.294 e. The summed E-state index contributed by atoms with van der Waals surface area (Å²) in [5, 5.41) is 0. The summed E-state index contributed by atoms with van der Waals surface area (Å²) in [7, 11) is 0. The molecule has 0 bridgehead atoms. The van der Waals surface area contributed by atoms with Gasteiger partial charge in [0, 0.05) is 12.4 Å². The molecule has 1 fully saturated rings. The second-order valence-electron chi connectivity index (χ2n) is 4.39. The number of hydrogen-bond acceptors (Lipinski definition) is 2. The van der Waals surface area contributed by atoms with Crippen LogP contribution in [0.3, 0.4) is 0 Å². The third kappa shape index (κ3) is 3.35. The molecule has 0 amide bonds. The molecule has 1 atom stereocenters. The van der Waals surface area contributed by atoms with Gasteiger partial charge in [-0.3, -0.25) is 4.90 Å². The fraction of sp³-hybridized carbons (Fsp3) is 0.818. The Bertz CT molecular complexity index is 177. The Morgan fingerprint density at radius 3 is 2.77 bits per heavy atom. The Kier molecular flexibility index (Phi) is 4.33. The van der Waals surface area contributed by atoms with Gasteiger partial charge in [-0.25, -0.2) is 0 Å². The number of nitrogens with zero attached hydrogens (tertiary/aromatic N) is 1. The van der Waals surface area contributed by atoms with Gasteiger partial charge in [0.25, 0.3) is 0 Å². The van der Waals surface area contributed by atoms with Gasteiger partial charge in [0.15, 0.2) is 0 Å². The summed E-state index contributed by atoms with van der Waals surface area (Å²) in [6.07, 6.45) is 2.54. The first-order chi connectivity index (χ1) is 6.13. The molecule has 0 radical (unpaired) electrons. The first-order valence-electron chi connectivity index (χ1n) is 5.14. The number of hydrogen-bond donors (Lipinski definition) is 1. The summed E-state index contributed by atoms with van der Waals surface area (Å²) >= 11 is 4.29. The molecule has 76 valence electrons. The fourth-order valence-electron chi connectivity index (χ4n) is 1.81. The van der Waals surface area contributed by atoms with Gasteiger partial charge in [0.05, 0.1) is 0 Å². The van der Waals surface area contributed by atoms with E-state index in [4.69, 9.17) is 0 Å². The van der Waals surface area contributed by atoms with Crippen molar-refractivity contribution in [3.8, 4) is 0 Å². The van der Waals surface area contributed by atoms with Crippen LogP contribution in [0.2, 0.25) is 0 Å². The van der Waals surface area contributed by atoms with Crippen LogP contribution in [0.4, 0.5) is 0 Å². The van der Waals surface area contributed by atoms with Crippen LogP contribution in [0, 0.1) is 11.8 Å². The van der Waals surface area contributed by atoms with Crippen LogP contribution in [0.15, 0.2) is 12.2 Å². The molecule has 0 spiro atoms. The molecule has 1 unspecified atom stereocenters. The van der Waals surface area contributed by atoms with Crippen LogP contribution in [-0.4, -0.2) is 23.9 Å². The highest BCUT2D eigenvalue weighted by Crippen LogP contribution is 2.25. The number of thiol groups is 1. The normalized spacial score (nSPS) is 24.2. The fourth-order valence-corrected chi connectivity index (χ4v) is 2.07. The predicted octanol–water partition coefficient (Wildman–Crippen LogP) is 2.80. The first kappa shape index (κ1) is 11.1. The van der Waals surface area contributed by atoms with Crippen molar-refractivity contribution in [3.05, 3.63) is 12.2 Å². The average Bonchev–Trinajstić information content (AvgIpc) is 2.52. The van der Waals surface area contributed by atoms with Crippen molar-refractivity contribution in [1.29, 1.82) is 0 Å². The van der Waals surface area contributed by atoms with Crippen LogP contribution < -0.4 is 0 Å². The Balaban J connectivity index is 2.28. The van der Waals surface area contributed by atoms with Gasteiger partial charge in [-0.2, -0.15) is 12.6 Å². The number of rotatable bonds is 4. The smallest absolute Gasteiger partial charge is 0.0414 e. The Labute approximate surface area is 87.6 Å². The van der Waals surface area contributed by atoms with Crippen molar-refractivity contribution in [2.75, 3.05) is 19.0 Å². The maximum absolute atomic E-state index is 4.29. The summed E-state index contributed by atoms with van der Waals surface area (Å²) in [5.74, 6) is 2.39. The lowest BCUT2D eigenvalue weighted by molar-refractivity contribution is 0.378. The Hall–Kier alpha value is 0.0500. The number of allylic oxidation sites excluding steroid dienone is 1. The molecule has 0 N–H and O–H groups in total. The zero-order chi connectivity index (χ0) is 9.84. The first-order valence-corrected chi connectivity index (χ1v) is 5.77. The minimum atomic E-state index is 0.644. The van der Waals surface area contributed by atoms with Crippen molar-refractivity contribution in [2.45, 2.75) is 26.7 Å². The second-order valence-corrected chi connectivity index (χ2v) is 4.67. The standard InChI is InChI=1S/C11H21NS/c1-9(2)10(3)6-11-4-5-12(7-11)8-13/h9,11,13H,3-8H2,1-2H3. The largest absolute Gasteiger partial charge is 0.294 e. The lowest BCUT2D eigenvalue weighted by atomic mass is 9.93. The van der Waals surface area contributed by atoms with Gasteiger partial charge in [0.1, 0.15) is 0 Å². The molecule has 1 nitrogen and oxygen atoms in total. The van der Waals surface area contributed by atoms with E-state index >= 15 is 0 Å². The van der Waals surface area contributed by atoms with Crippen molar-refractivity contribution >= 4 is 12.6 Å². The Morgan fingerprint density at radius 1 is 1.62 bits per heavy atom. The minimum absolute atomic E-state index is 0.644. The topological polar surface area (TPSA) is 3.24 Å². The van der Waals surface area contributed by atoms with E-state index < -0.39 is 0 Å². The monoisotopic (exact) mass is 199 g/mol. The van der Waals surface area contributed by atoms with Crippen LogP contribution in [0.5, 0.6) is 0 Å². The van der Waals surface area contributed by atoms with Crippen molar-refractivity contribution in [3.63, 3.8) is 0 Å². The molecular weight excluding hydrogens is 178 g/mol. The van der Waals surface area contributed by atoms with E-state index in [0.29, 0.717) is 5.92 Å². The zero-order valence-electron chi connectivity index (χ0n) is 8.79. The molecule has 1 aliphatic rings. The van der Waals surface area contributed by atoms with Gasteiger partial charge in [0.2, 0.25) is 0 Å². The van der Waals surface area contributed by atoms with Crippen LogP contribution in [0.25, 0.3) is 0 Å². The highest BCUT2D eigenvalue weighted by Gasteiger charge is 2.22. The summed E-state index contributed by atoms with van der Waals surface area (Å²) < 4.78 is 0. The molecule has 0 aromatic heterocycles. The predicted molar refractivity (Wildman–Crippen MR) is 62.1 cm³/mol. The van der Waals surface area contributed by atoms with Gasteiger partial charge in [-0.05, 0) is 31.2 Å². The lowest BCUT2D eigenvalue weighted by Crippen LogP contribution is -2.18. The lowest BCUT2D eigenvalue weighted by Gasteiger charge is -2.15. The molecule has 1 heterocycles. The maximum atomic E-state index is 4.29. The molecule has 0 aromatic carbocycles. The van der Waals surface area contributed by atoms with E-state index in [0.717, 1.165) is 11.8 Å². The van der Waals surface area contributed by atoms with E-state index in [1.807, 2.05) is 0 Å². The molecule has 0 aliphatic carbocycles. The van der Waals surface area contributed by atoms with Crippen LogP contribution in [-0.2, 0) is 0 Å². The highest BCUT2D eigenvalue weighted by molar-refractivity contribution is 7.80. The summed E-state index contributed by atoms with van der Waals surface area (Å²) in [6.45, 7) is 11.0. The molecular formula is C11H21NS. The van der Waals surface area contributed by atoms with Crippen molar-refractivity contribution in [2.24, 2.45) is 11.8 Å². The van der Waals surface area contributed by atoms with Crippen LogP contribution in [0.1, 0.15) is 26.7 Å². The highest BCUT2D eigenvalue weighted by atomic mass is 32.1. The third-order valence-corrected chi connectivity index (χ3v) is 3.34. The van der Waals surface area contributed by atoms with Gasteiger partial charge in [-0.1, -0.05) is 26.0 Å². The third-order valence-electron chi connectivity index (χ3n) is 2.94. The van der Waals surface area contributed by atoms with Gasteiger partial charge < -0.3 is 0 Å². The van der Waals surface area contributed by atoms with Gasteiger partial charge in [-0.15, -0.1) is 0 Å². The van der Waals surface area contributed by atoms with E-state index in [1.165, 1.54) is 31.5 Å². The Morgan fingerprint density at radius 2 is 2.31 bits per heavy atom. The molecule has 0 saturated carbocycles. The quantitative estimate of drug-likeness (QED) is 0.538. The molecule has 1 saturated heterocycles. The SMILES string of the molecule is C=C(CC1CCN(CS)C1)C(C)C. The van der Waals surface area contributed by atoms with Crippen LogP contribution >= 0.6 is 12.6 Å². The molecule has 1 aliphatic heterocycles. The summed E-state index contributed by atoms with van der Waals surface area (Å²) in [5.41, 5.74) is 1.41. The average molecular weight is 199 g/mol. The van der Waals surface area contributed by atoms with E-state index in [1.54, 1.807) is 0 Å². The second kappa shape index (κ2) is 5.06. The maximum Gasteiger partial charge on any atom is 0.0414 e. The molecule has 1 rings (SSSR count). The molecule has 2 heteroatoms. The van der Waals surface area contributed by atoms with Crippen molar-refractivity contribution in [1.82, 2.24) is 4.90 Å². The summed E-state index contributed by atoms with van der Waals surface area (Å²) in [4.78, 5) is 2.40. The summed E-state index contributed by atoms with van der Waals surface area (Å²) in [6, 6.07) is 0. The zero-order valence-corrected chi connectivity index (χ0v) is 9.69. The molecule has 13 heavy (non-hydrogen) atoms. The number of likely N-dealkylation sites (tertiary alicyclic amines) is 1. The molecule has 0 aromatic rings. The van der Waals surface area contributed by atoms with Gasteiger partial charge >= 0.3 is 0 Å². The van der Waals surface area contributed by atoms with E-state index in [-0.39, 0.29) is 0 Å². The van der Waals surface area contributed by atoms with Crippen molar-refractivity contribution < 1.29 is 0 Å².